The molecule has 1 atom stereocenters. The van der Waals surface area contributed by atoms with Gasteiger partial charge in [-0.3, -0.25) is 9.88 Å². The minimum absolute atomic E-state index is 0.392. The van der Waals surface area contributed by atoms with E-state index in [-0.39, 0.29) is 0 Å². The van der Waals surface area contributed by atoms with Crippen molar-refractivity contribution in [3.63, 3.8) is 0 Å². The van der Waals surface area contributed by atoms with E-state index >= 15 is 0 Å². The van der Waals surface area contributed by atoms with E-state index in [0.29, 0.717) is 18.8 Å². The van der Waals surface area contributed by atoms with Crippen molar-refractivity contribution < 1.29 is 4.74 Å². The van der Waals surface area contributed by atoms with Crippen molar-refractivity contribution in [2.45, 2.75) is 38.0 Å². The molecule has 0 spiro atoms. The second-order valence-corrected chi connectivity index (χ2v) is 7.13. The molecular weight excluding hydrogens is 310 g/mol. The first-order chi connectivity index (χ1) is 12.4. The number of aromatic nitrogens is 1. The Kier molecular flexibility index (Phi) is 5.28. The van der Waals surface area contributed by atoms with Gasteiger partial charge in [0.1, 0.15) is 0 Å². The minimum atomic E-state index is 0.392. The summed E-state index contributed by atoms with van der Waals surface area (Å²) in [6.45, 7) is 5.33. The molecule has 2 aliphatic rings. The number of para-hydroxylation sites is 1. The van der Waals surface area contributed by atoms with Crippen LogP contribution in [0.3, 0.4) is 0 Å². The molecule has 4 nitrogen and oxygen atoms in total. The molecule has 4 heteroatoms. The fourth-order valence-corrected chi connectivity index (χ4v) is 4.02. The van der Waals surface area contributed by atoms with Gasteiger partial charge in [-0.2, -0.15) is 0 Å². The highest BCUT2D eigenvalue weighted by Gasteiger charge is 2.30. The lowest BCUT2D eigenvalue weighted by atomic mass is 10.0. The zero-order valence-electron chi connectivity index (χ0n) is 14.8. The summed E-state index contributed by atoms with van der Waals surface area (Å²) in [5.41, 5.74) is 2.53. The van der Waals surface area contributed by atoms with Gasteiger partial charge in [0.05, 0.1) is 12.7 Å². The van der Waals surface area contributed by atoms with E-state index in [0.717, 1.165) is 32.5 Å². The number of hydrogen-bond donors (Lipinski definition) is 0. The molecule has 1 aromatic heterocycles. The van der Waals surface area contributed by atoms with E-state index in [9.17, 15) is 0 Å². The maximum absolute atomic E-state index is 6.09. The van der Waals surface area contributed by atoms with Crippen molar-refractivity contribution in [2.75, 3.05) is 31.1 Å². The van der Waals surface area contributed by atoms with Crippen molar-refractivity contribution in [3.05, 3.63) is 60.4 Å². The summed E-state index contributed by atoms with van der Waals surface area (Å²) in [6.07, 6.45) is 7.65. The van der Waals surface area contributed by atoms with Gasteiger partial charge in [-0.25, -0.2) is 0 Å². The van der Waals surface area contributed by atoms with Crippen molar-refractivity contribution in [2.24, 2.45) is 0 Å². The Bertz CT molecular complexity index is 641. The molecule has 0 aliphatic carbocycles. The molecule has 2 fully saturated rings. The van der Waals surface area contributed by atoms with Gasteiger partial charge in [-0.1, -0.05) is 24.3 Å². The number of piperidine rings is 1. The smallest absolute Gasteiger partial charge is 0.0735 e. The largest absolute Gasteiger partial charge is 0.373 e. The second kappa shape index (κ2) is 7.98. The van der Waals surface area contributed by atoms with Gasteiger partial charge >= 0.3 is 0 Å². The van der Waals surface area contributed by atoms with Crippen LogP contribution in [0.2, 0.25) is 0 Å². The van der Waals surface area contributed by atoms with Crippen LogP contribution in [0.15, 0.2) is 54.9 Å². The standard InChI is InChI=1S/C21H27N3O/c1-2-6-19(7-3-1)24-12-8-20(16-24)23-13-9-21(10-14-23)25-17-18-5-4-11-22-15-18/h1-7,11,15,20-21H,8-10,12-14,16-17H2. The Morgan fingerprint density at radius 1 is 0.960 bits per heavy atom. The highest BCUT2D eigenvalue weighted by Crippen LogP contribution is 2.25. The molecular formula is C21H27N3O. The third kappa shape index (κ3) is 4.20. The van der Waals surface area contributed by atoms with E-state index in [2.05, 4.69) is 51.2 Å². The van der Waals surface area contributed by atoms with Crippen LogP contribution >= 0.6 is 0 Å². The summed E-state index contributed by atoms with van der Waals surface area (Å²) in [5.74, 6) is 0. The topological polar surface area (TPSA) is 28.6 Å². The molecule has 1 aromatic carbocycles. The Balaban J connectivity index is 1.23. The first kappa shape index (κ1) is 16.6. The molecule has 4 rings (SSSR count). The molecule has 0 N–H and O–H groups in total. The quantitative estimate of drug-likeness (QED) is 0.837. The molecule has 132 valence electrons. The Morgan fingerprint density at radius 3 is 2.56 bits per heavy atom. The van der Waals surface area contributed by atoms with Gasteiger partial charge < -0.3 is 9.64 Å². The molecule has 2 saturated heterocycles. The Morgan fingerprint density at radius 2 is 1.80 bits per heavy atom. The van der Waals surface area contributed by atoms with Crippen molar-refractivity contribution in [1.82, 2.24) is 9.88 Å². The summed E-state index contributed by atoms with van der Waals surface area (Å²) >= 11 is 0. The van der Waals surface area contributed by atoms with Gasteiger partial charge in [-0.05, 0) is 43.0 Å². The van der Waals surface area contributed by atoms with Gasteiger partial charge in [0, 0.05) is 50.3 Å². The minimum Gasteiger partial charge on any atom is -0.373 e. The monoisotopic (exact) mass is 337 g/mol. The maximum Gasteiger partial charge on any atom is 0.0735 e. The van der Waals surface area contributed by atoms with E-state index in [1.165, 1.54) is 24.2 Å². The van der Waals surface area contributed by atoms with E-state index in [4.69, 9.17) is 4.74 Å². The zero-order valence-corrected chi connectivity index (χ0v) is 14.8. The number of likely N-dealkylation sites (tertiary alicyclic amines) is 1. The fourth-order valence-electron chi connectivity index (χ4n) is 4.02. The van der Waals surface area contributed by atoms with Crippen LogP contribution in [0.4, 0.5) is 5.69 Å². The van der Waals surface area contributed by atoms with Crippen LogP contribution in [-0.2, 0) is 11.3 Å². The molecule has 25 heavy (non-hydrogen) atoms. The molecule has 2 aliphatic heterocycles. The lowest BCUT2D eigenvalue weighted by Crippen LogP contribution is -2.44. The van der Waals surface area contributed by atoms with Crippen molar-refractivity contribution in [1.29, 1.82) is 0 Å². The number of rotatable bonds is 5. The van der Waals surface area contributed by atoms with Gasteiger partial charge in [0.15, 0.2) is 0 Å². The van der Waals surface area contributed by atoms with E-state index < -0.39 is 0 Å². The SMILES string of the molecule is c1ccc(N2CCC(N3CCC(OCc4cccnc4)CC3)C2)cc1. The van der Waals surface area contributed by atoms with Gasteiger partial charge in [0.2, 0.25) is 0 Å². The van der Waals surface area contributed by atoms with Gasteiger partial charge in [-0.15, -0.1) is 0 Å². The zero-order chi connectivity index (χ0) is 16.9. The number of nitrogens with zero attached hydrogens (tertiary/aromatic N) is 3. The summed E-state index contributed by atoms with van der Waals surface area (Å²) in [7, 11) is 0. The Labute approximate surface area is 150 Å². The normalized spacial score (nSPS) is 22.4. The maximum atomic E-state index is 6.09. The summed E-state index contributed by atoms with van der Waals surface area (Å²) in [6, 6.07) is 15.6. The van der Waals surface area contributed by atoms with E-state index in [1.807, 2.05) is 18.5 Å². The predicted molar refractivity (Wildman–Crippen MR) is 101 cm³/mol. The average Bonchev–Trinajstić information content (AvgIpc) is 3.19. The number of hydrogen-bond acceptors (Lipinski definition) is 4. The molecule has 0 bridgehead atoms. The molecule has 0 amide bonds. The first-order valence-electron chi connectivity index (χ1n) is 9.43. The van der Waals surface area contributed by atoms with Crippen molar-refractivity contribution in [3.8, 4) is 0 Å². The predicted octanol–water partition coefficient (Wildman–Crippen LogP) is 3.34. The van der Waals surface area contributed by atoms with Crippen LogP contribution in [0.1, 0.15) is 24.8 Å². The molecule has 0 saturated carbocycles. The molecule has 2 aromatic rings. The van der Waals surface area contributed by atoms with Crippen LogP contribution < -0.4 is 4.90 Å². The molecule has 0 radical (unpaired) electrons. The number of anilines is 1. The summed E-state index contributed by atoms with van der Waals surface area (Å²) in [5, 5.41) is 0. The van der Waals surface area contributed by atoms with Crippen molar-refractivity contribution >= 4 is 5.69 Å². The summed E-state index contributed by atoms with van der Waals surface area (Å²) < 4.78 is 6.09. The number of pyridine rings is 1. The Hall–Kier alpha value is -1.91. The van der Waals surface area contributed by atoms with Crippen LogP contribution in [-0.4, -0.2) is 48.2 Å². The number of ether oxygens (including phenoxy) is 1. The van der Waals surface area contributed by atoms with E-state index in [1.54, 1.807) is 0 Å². The fraction of sp³-hybridized carbons (Fsp3) is 0.476. The third-order valence-corrected chi connectivity index (χ3v) is 5.49. The second-order valence-electron chi connectivity index (χ2n) is 7.13. The lowest BCUT2D eigenvalue weighted by Gasteiger charge is -2.36. The summed E-state index contributed by atoms with van der Waals surface area (Å²) in [4.78, 5) is 9.35. The first-order valence-corrected chi connectivity index (χ1v) is 9.43. The van der Waals surface area contributed by atoms with Crippen LogP contribution in [0.5, 0.6) is 0 Å². The molecule has 1 unspecified atom stereocenters. The number of benzene rings is 1. The third-order valence-electron chi connectivity index (χ3n) is 5.49. The highest BCUT2D eigenvalue weighted by atomic mass is 16.5. The average molecular weight is 337 g/mol. The van der Waals surface area contributed by atoms with Crippen LogP contribution in [0.25, 0.3) is 0 Å². The van der Waals surface area contributed by atoms with Crippen LogP contribution in [0, 0.1) is 0 Å². The molecule has 3 heterocycles. The lowest BCUT2D eigenvalue weighted by molar-refractivity contribution is -0.00930. The highest BCUT2D eigenvalue weighted by molar-refractivity contribution is 5.47. The van der Waals surface area contributed by atoms with Gasteiger partial charge in [0.25, 0.3) is 0 Å².